The minimum atomic E-state index is -0.312. The van der Waals surface area contributed by atoms with Crippen LogP contribution in [0.15, 0.2) is 35.3 Å². The molecule has 1 aromatic carbocycles. The second-order valence-corrected chi connectivity index (χ2v) is 5.70. The monoisotopic (exact) mass is 342 g/mol. The molecule has 0 bridgehead atoms. The third-order valence-electron chi connectivity index (χ3n) is 4.06. The quantitative estimate of drug-likeness (QED) is 0.703. The molecular weight excluding hydrogens is 324 g/mol. The fourth-order valence-corrected chi connectivity index (χ4v) is 2.70. The summed E-state index contributed by atoms with van der Waals surface area (Å²) < 4.78 is 6.13. The number of para-hydroxylation sites is 1. The summed E-state index contributed by atoms with van der Waals surface area (Å²) in [4.78, 5) is 40.3. The number of amides is 1. The van der Waals surface area contributed by atoms with Gasteiger partial charge < -0.3 is 14.6 Å². The maximum absolute atomic E-state index is 12.6. The number of carbonyl (C=O) groups is 2. The highest BCUT2D eigenvalue weighted by Gasteiger charge is 2.19. The summed E-state index contributed by atoms with van der Waals surface area (Å²) in [6.07, 6.45) is 2.18. The van der Waals surface area contributed by atoms with Crippen LogP contribution in [0.4, 0.5) is 0 Å². The van der Waals surface area contributed by atoms with Gasteiger partial charge in [-0.2, -0.15) is 5.10 Å². The van der Waals surface area contributed by atoms with Crippen molar-refractivity contribution in [3.63, 3.8) is 0 Å². The molecule has 8 nitrogen and oxygen atoms in total. The topological polar surface area (TPSA) is 96.8 Å². The number of rotatable bonds is 5. The molecule has 0 aliphatic heterocycles. The number of nitrogens with zero attached hydrogens (tertiary/aromatic N) is 3. The van der Waals surface area contributed by atoms with Crippen LogP contribution in [0.1, 0.15) is 23.2 Å². The van der Waals surface area contributed by atoms with Crippen molar-refractivity contribution >= 4 is 28.4 Å². The molecule has 0 atom stereocenters. The second-order valence-electron chi connectivity index (χ2n) is 5.70. The van der Waals surface area contributed by atoms with Crippen molar-refractivity contribution in [2.75, 3.05) is 20.7 Å². The lowest BCUT2D eigenvalue weighted by atomic mass is 10.2. The molecule has 0 saturated carbocycles. The number of carbonyl (C=O) groups excluding carboxylic acids is 2. The molecule has 1 amide bonds. The highest BCUT2D eigenvalue weighted by atomic mass is 16.5. The SMILES string of the molecule is COC(=O)CCCN(C)C(=O)c1cnn2c1[nH]c(=O)c1ccccc12. The van der Waals surface area contributed by atoms with Gasteiger partial charge in [0.2, 0.25) is 0 Å². The van der Waals surface area contributed by atoms with E-state index in [0.29, 0.717) is 35.1 Å². The number of aromatic amines is 1. The van der Waals surface area contributed by atoms with E-state index in [1.54, 1.807) is 29.8 Å². The zero-order valence-corrected chi connectivity index (χ0v) is 14.0. The van der Waals surface area contributed by atoms with Crippen molar-refractivity contribution in [1.29, 1.82) is 0 Å². The minimum Gasteiger partial charge on any atom is -0.469 e. The largest absolute Gasteiger partial charge is 0.469 e. The number of aromatic nitrogens is 3. The number of hydrogen-bond donors (Lipinski definition) is 1. The van der Waals surface area contributed by atoms with Crippen molar-refractivity contribution in [3.05, 3.63) is 46.4 Å². The Kier molecular flexibility index (Phi) is 4.51. The molecule has 8 heteroatoms. The van der Waals surface area contributed by atoms with Gasteiger partial charge in [0, 0.05) is 20.0 Å². The maximum atomic E-state index is 12.6. The summed E-state index contributed by atoms with van der Waals surface area (Å²) in [5.41, 5.74) is 1.02. The first-order valence-corrected chi connectivity index (χ1v) is 7.84. The molecular formula is C17H18N4O4. The van der Waals surface area contributed by atoms with E-state index in [-0.39, 0.29) is 23.9 Å². The number of nitrogens with one attached hydrogen (secondary N) is 1. The lowest BCUT2D eigenvalue weighted by Crippen LogP contribution is -2.28. The summed E-state index contributed by atoms with van der Waals surface area (Å²) in [5.74, 6) is -0.585. The lowest BCUT2D eigenvalue weighted by molar-refractivity contribution is -0.140. The Labute approximate surface area is 143 Å². The predicted octanol–water partition coefficient (Wildman–Crippen LogP) is 1.20. The fourth-order valence-electron chi connectivity index (χ4n) is 2.70. The summed E-state index contributed by atoms with van der Waals surface area (Å²) in [6.45, 7) is 0.392. The highest BCUT2D eigenvalue weighted by molar-refractivity contribution is 6.00. The second kappa shape index (κ2) is 6.76. The summed E-state index contributed by atoms with van der Waals surface area (Å²) >= 11 is 0. The number of benzene rings is 1. The van der Waals surface area contributed by atoms with E-state index >= 15 is 0 Å². The van der Waals surface area contributed by atoms with Crippen LogP contribution < -0.4 is 5.56 Å². The maximum Gasteiger partial charge on any atom is 0.305 e. The van der Waals surface area contributed by atoms with E-state index in [1.165, 1.54) is 18.2 Å². The van der Waals surface area contributed by atoms with Gasteiger partial charge >= 0.3 is 5.97 Å². The Morgan fingerprint density at radius 1 is 1.32 bits per heavy atom. The van der Waals surface area contributed by atoms with Crippen molar-refractivity contribution in [2.24, 2.45) is 0 Å². The van der Waals surface area contributed by atoms with E-state index in [0.717, 1.165) is 0 Å². The molecule has 1 N–H and O–H groups in total. The van der Waals surface area contributed by atoms with Crippen molar-refractivity contribution in [2.45, 2.75) is 12.8 Å². The lowest BCUT2D eigenvalue weighted by Gasteiger charge is -2.16. The Morgan fingerprint density at radius 2 is 2.08 bits per heavy atom. The zero-order valence-electron chi connectivity index (χ0n) is 14.0. The molecule has 0 aliphatic rings. The van der Waals surface area contributed by atoms with Gasteiger partial charge in [-0.3, -0.25) is 14.4 Å². The van der Waals surface area contributed by atoms with Gasteiger partial charge in [-0.15, -0.1) is 0 Å². The van der Waals surface area contributed by atoms with Crippen LogP contribution in [0.25, 0.3) is 16.6 Å². The van der Waals surface area contributed by atoms with Crippen molar-refractivity contribution in [3.8, 4) is 0 Å². The van der Waals surface area contributed by atoms with Gasteiger partial charge in [0.15, 0.2) is 0 Å². The summed E-state index contributed by atoms with van der Waals surface area (Å²) in [7, 11) is 2.97. The Balaban J connectivity index is 1.90. The van der Waals surface area contributed by atoms with Gasteiger partial charge in [-0.1, -0.05) is 12.1 Å². The average molecular weight is 342 g/mol. The molecule has 3 rings (SSSR count). The molecule has 0 spiro atoms. The Bertz CT molecular complexity index is 1000. The molecule has 0 saturated heterocycles. The van der Waals surface area contributed by atoms with Crippen LogP contribution in [0.5, 0.6) is 0 Å². The third kappa shape index (κ3) is 3.10. The number of methoxy groups -OCH3 is 1. The number of ether oxygens (including phenoxy) is 1. The number of esters is 1. The molecule has 2 heterocycles. The van der Waals surface area contributed by atoms with Crippen LogP contribution in [0, 0.1) is 0 Å². The highest BCUT2D eigenvalue weighted by Crippen LogP contribution is 2.15. The molecule has 25 heavy (non-hydrogen) atoms. The van der Waals surface area contributed by atoms with Crippen LogP contribution in [0.3, 0.4) is 0 Å². The van der Waals surface area contributed by atoms with Gasteiger partial charge in [-0.25, -0.2) is 4.52 Å². The first kappa shape index (κ1) is 16.7. The van der Waals surface area contributed by atoms with Gasteiger partial charge in [0.05, 0.1) is 24.2 Å². The van der Waals surface area contributed by atoms with Crippen molar-refractivity contribution in [1.82, 2.24) is 19.5 Å². The predicted molar refractivity (Wildman–Crippen MR) is 91.5 cm³/mol. The van der Waals surface area contributed by atoms with E-state index in [4.69, 9.17) is 0 Å². The summed E-state index contributed by atoms with van der Waals surface area (Å²) in [6, 6.07) is 7.06. The third-order valence-corrected chi connectivity index (χ3v) is 4.06. The van der Waals surface area contributed by atoms with E-state index < -0.39 is 0 Å². The Morgan fingerprint density at radius 3 is 2.84 bits per heavy atom. The number of hydrogen-bond acceptors (Lipinski definition) is 5. The van der Waals surface area contributed by atoms with Crippen LogP contribution in [0.2, 0.25) is 0 Å². The molecule has 130 valence electrons. The van der Waals surface area contributed by atoms with Gasteiger partial charge in [0.1, 0.15) is 11.2 Å². The molecule has 0 radical (unpaired) electrons. The van der Waals surface area contributed by atoms with E-state index in [1.807, 2.05) is 6.07 Å². The molecule has 2 aromatic heterocycles. The normalized spacial score (nSPS) is 11.0. The molecule has 0 aliphatic carbocycles. The minimum absolute atomic E-state index is 0.240. The Hall–Kier alpha value is -3.16. The average Bonchev–Trinajstić information content (AvgIpc) is 3.04. The van der Waals surface area contributed by atoms with Gasteiger partial charge in [-0.05, 0) is 18.6 Å². The number of H-pyrrole nitrogens is 1. The first-order chi connectivity index (χ1) is 12.0. The van der Waals surface area contributed by atoms with Crippen molar-refractivity contribution < 1.29 is 14.3 Å². The molecule has 0 fully saturated rings. The first-order valence-electron chi connectivity index (χ1n) is 7.84. The van der Waals surface area contributed by atoms with E-state index in [2.05, 4.69) is 14.8 Å². The molecule has 0 unspecified atom stereocenters. The van der Waals surface area contributed by atoms with E-state index in [9.17, 15) is 14.4 Å². The smallest absolute Gasteiger partial charge is 0.305 e. The molecule has 3 aromatic rings. The zero-order chi connectivity index (χ0) is 18.0. The van der Waals surface area contributed by atoms with Crippen LogP contribution >= 0.6 is 0 Å². The van der Waals surface area contributed by atoms with Gasteiger partial charge in [0.25, 0.3) is 11.5 Å². The van der Waals surface area contributed by atoms with Crippen LogP contribution in [-0.2, 0) is 9.53 Å². The summed E-state index contributed by atoms with van der Waals surface area (Å²) in [5, 5.41) is 4.74. The van der Waals surface area contributed by atoms with Crippen LogP contribution in [-0.4, -0.2) is 52.1 Å². The standard InChI is InChI=1S/C17H18N4O4/c1-20(9-5-8-14(22)25-2)17(24)12-10-18-21-13-7-4-3-6-11(13)16(23)19-15(12)21/h3-4,6-7,10H,5,8-9H2,1-2H3,(H,19,23). The fraction of sp³-hybridized carbons (Fsp3) is 0.294. The number of fused-ring (bicyclic) bond motifs is 3.